The third-order valence-corrected chi connectivity index (χ3v) is 3.13. The van der Waals surface area contributed by atoms with Gasteiger partial charge in [-0.25, -0.2) is 4.39 Å². The summed E-state index contributed by atoms with van der Waals surface area (Å²) in [6.45, 7) is 3.73. The summed E-state index contributed by atoms with van der Waals surface area (Å²) in [7, 11) is 0. The molecule has 18 heavy (non-hydrogen) atoms. The van der Waals surface area contributed by atoms with Crippen LogP contribution in [0.3, 0.4) is 0 Å². The van der Waals surface area contributed by atoms with Gasteiger partial charge in [-0.15, -0.1) is 0 Å². The number of rotatable bonds is 3. The molecule has 1 aromatic heterocycles. The Hall–Kier alpha value is -1.46. The van der Waals surface area contributed by atoms with Crippen molar-refractivity contribution in [1.82, 2.24) is 10.1 Å². The molecule has 0 radical (unpaired) electrons. The van der Waals surface area contributed by atoms with Gasteiger partial charge < -0.3 is 10.3 Å². The van der Waals surface area contributed by atoms with E-state index in [1.165, 1.54) is 18.2 Å². The number of nitrogens with two attached hydrogens (primary N) is 1. The minimum atomic E-state index is -0.683. The predicted octanol–water partition coefficient (Wildman–Crippen LogP) is 3.11. The molecule has 0 fully saturated rings. The smallest absolute Gasteiger partial charge is 0.246 e. The SMILES string of the molecule is CCC(C)(N)c1nc(-c2ccc(F)cc2Cl)no1. The van der Waals surface area contributed by atoms with Crippen molar-refractivity contribution in [2.75, 3.05) is 0 Å². The van der Waals surface area contributed by atoms with Gasteiger partial charge in [-0.1, -0.05) is 23.7 Å². The molecule has 1 unspecified atom stereocenters. The van der Waals surface area contributed by atoms with Crippen molar-refractivity contribution in [2.24, 2.45) is 5.73 Å². The van der Waals surface area contributed by atoms with E-state index in [0.717, 1.165) is 0 Å². The topological polar surface area (TPSA) is 64.9 Å². The van der Waals surface area contributed by atoms with Gasteiger partial charge >= 0.3 is 0 Å². The van der Waals surface area contributed by atoms with Crippen LogP contribution >= 0.6 is 11.6 Å². The summed E-state index contributed by atoms with van der Waals surface area (Å²) < 4.78 is 18.1. The third kappa shape index (κ3) is 2.37. The van der Waals surface area contributed by atoms with Crippen molar-refractivity contribution < 1.29 is 8.91 Å². The summed E-state index contributed by atoms with van der Waals surface area (Å²) in [6.07, 6.45) is 0.659. The van der Waals surface area contributed by atoms with Gasteiger partial charge in [-0.05, 0) is 31.5 Å². The van der Waals surface area contributed by atoms with E-state index in [-0.39, 0.29) is 5.02 Å². The Kier molecular flexibility index (Phi) is 3.36. The fourth-order valence-corrected chi connectivity index (χ4v) is 1.64. The molecule has 2 aromatic rings. The van der Waals surface area contributed by atoms with Crippen molar-refractivity contribution >= 4 is 11.6 Å². The highest BCUT2D eigenvalue weighted by atomic mass is 35.5. The highest BCUT2D eigenvalue weighted by Gasteiger charge is 2.26. The number of aromatic nitrogens is 2. The Morgan fingerprint density at radius 1 is 1.50 bits per heavy atom. The molecule has 0 saturated carbocycles. The largest absolute Gasteiger partial charge is 0.337 e. The van der Waals surface area contributed by atoms with Crippen molar-refractivity contribution in [2.45, 2.75) is 25.8 Å². The molecule has 0 aliphatic rings. The Morgan fingerprint density at radius 2 is 2.22 bits per heavy atom. The Balaban J connectivity index is 2.41. The maximum atomic E-state index is 12.9. The number of benzene rings is 1. The standard InChI is InChI=1S/C12H13ClFN3O/c1-3-12(2,15)11-16-10(17-18-11)8-5-4-7(14)6-9(8)13/h4-6H,3,15H2,1-2H3. The second-order valence-corrected chi connectivity index (χ2v) is 4.73. The molecule has 0 aliphatic heterocycles. The average Bonchev–Trinajstić information content (AvgIpc) is 2.79. The Bertz CT molecular complexity index is 568. The first kappa shape index (κ1) is 13.0. The van der Waals surface area contributed by atoms with E-state index >= 15 is 0 Å². The summed E-state index contributed by atoms with van der Waals surface area (Å²) in [5.41, 5.74) is 5.83. The first-order chi connectivity index (χ1) is 8.44. The molecule has 0 spiro atoms. The lowest BCUT2D eigenvalue weighted by Crippen LogP contribution is -2.32. The van der Waals surface area contributed by atoms with E-state index < -0.39 is 11.4 Å². The van der Waals surface area contributed by atoms with E-state index in [9.17, 15) is 4.39 Å². The number of hydrogen-bond acceptors (Lipinski definition) is 4. The zero-order valence-electron chi connectivity index (χ0n) is 10.1. The summed E-state index contributed by atoms with van der Waals surface area (Å²) in [5.74, 6) is 0.227. The summed E-state index contributed by atoms with van der Waals surface area (Å²) in [5, 5.41) is 4.05. The van der Waals surface area contributed by atoms with Crippen LogP contribution in [-0.2, 0) is 5.54 Å². The zero-order chi connectivity index (χ0) is 13.3. The fraction of sp³-hybridized carbons (Fsp3) is 0.333. The van der Waals surface area contributed by atoms with Gasteiger partial charge in [-0.2, -0.15) is 4.98 Å². The lowest BCUT2D eigenvalue weighted by atomic mass is 10.0. The highest BCUT2D eigenvalue weighted by molar-refractivity contribution is 6.33. The molecule has 1 atom stereocenters. The van der Waals surface area contributed by atoms with Crippen LogP contribution in [0.15, 0.2) is 22.7 Å². The Labute approximate surface area is 109 Å². The molecule has 6 heteroatoms. The lowest BCUT2D eigenvalue weighted by molar-refractivity contribution is 0.291. The molecule has 1 heterocycles. The molecule has 0 amide bonds. The molecule has 96 valence electrons. The number of hydrogen-bond donors (Lipinski definition) is 1. The van der Waals surface area contributed by atoms with Crippen molar-refractivity contribution in [3.63, 3.8) is 0 Å². The van der Waals surface area contributed by atoms with Gasteiger partial charge in [0, 0.05) is 5.56 Å². The van der Waals surface area contributed by atoms with E-state index in [1.54, 1.807) is 6.92 Å². The van der Waals surface area contributed by atoms with Crippen molar-refractivity contribution in [3.05, 3.63) is 34.9 Å². The second-order valence-electron chi connectivity index (χ2n) is 4.32. The molecule has 2 N–H and O–H groups in total. The minimum Gasteiger partial charge on any atom is -0.337 e. The quantitative estimate of drug-likeness (QED) is 0.930. The summed E-state index contributed by atoms with van der Waals surface area (Å²) >= 11 is 5.93. The summed E-state index contributed by atoms with van der Waals surface area (Å²) in [4.78, 5) is 4.20. The molecule has 0 saturated heterocycles. The zero-order valence-corrected chi connectivity index (χ0v) is 10.8. The van der Waals surface area contributed by atoms with E-state index in [1.807, 2.05) is 6.92 Å². The highest BCUT2D eigenvalue weighted by Crippen LogP contribution is 2.28. The van der Waals surface area contributed by atoms with Crippen LogP contribution in [0.25, 0.3) is 11.4 Å². The molecule has 2 rings (SSSR count). The molecule has 0 bridgehead atoms. The average molecular weight is 270 g/mol. The van der Waals surface area contributed by atoms with Crippen LogP contribution in [0.5, 0.6) is 0 Å². The monoisotopic (exact) mass is 269 g/mol. The number of nitrogens with zero attached hydrogens (tertiary/aromatic N) is 2. The molecule has 1 aromatic carbocycles. The molecule has 4 nitrogen and oxygen atoms in total. The van der Waals surface area contributed by atoms with Crippen LogP contribution in [0, 0.1) is 5.82 Å². The van der Waals surface area contributed by atoms with Crippen LogP contribution in [0.4, 0.5) is 4.39 Å². The first-order valence-corrected chi connectivity index (χ1v) is 5.90. The van der Waals surface area contributed by atoms with Gasteiger partial charge in [0.05, 0.1) is 10.6 Å². The van der Waals surface area contributed by atoms with Crippen molar-refractivity contribution in [1.29, 1.82) is 0 Å². The Morgan fingerprint density at radius 3 is 2.83 bits per heavy atom. The van der Waals surface area contributed by atoms with Crippen LogP contribution in [-0.4, -0.2) is 10.1 Å². The third-order valence-electron chi connectivity index (χ3n) is 2.82. The normalized spacial score (nSPS) is 14.5. The van der Waals surface area contributed by atoms with Gasteiger partial charge in [0.15, 0.2) is 0 Å². The van der Waals surface area contributed by atoms with E-state index in [0.29, 0.717) is 23.7 Å². The lowest BCUT2D eigenvalue weighted by Gasteiger charge is -2.16. The molecular weight excluding hydrogens is 257 g/mol. The van der Waals surface area contributed by atoms with Gasteiger partial charge in [0.1, 0.15) is 5.82 Å². The van der Waals surface area contributed by atoms with Crippen LogP contribution in [0.2, 0.25) is 5.02 Å². The molecular formula is C12H13ClFN3O. The van der Waals surface area contributed by atoms with Gasteiger partial charge in [-0.3, -0.25) is 0 Å². The second kappa shape index (κ2) is 4.66. The maximum absolute atomic E-state index is 12.9. The van der Waals surface area contributed by atoms with Crippen molar-refractivity contribution in [3.8, 4) is 11.4 Å². The first-order valence-electron chi connectivity index (χ1n) is 5.52. The number of halogens is 2. The minimum absolute atomic E-state index is 0.234. The van der Waals surface area contributed by atoms with Gasteiger partial charge in [0.2, 0.25) is 11.7 Å². The van der Waals surface area contributed by atoms with Crippen LogP contribution < -0.4 is 5.73 Å². The van der Waals surface area contributed by atoms with Crippen LogP contribution in [0.1, 0.15) is 26.2 Å². The fourth-order valence-electron chi connectivity index (χ4n) is 1.39. The maximum Gasteiger partial charge on any atom is 0.246 e. The van der Waals surface area contributed by atoms with E-state index in [4.69, 9.17) is 21.9 Å². The summed E-state index contributed by atoms with van der Waals surface area (Å²) in [6, 6.07) is 4.00. The molecule has 0 aliphatic carbocycles. The van der Waals surface area contributed by atoms with Gasteiger partial charge in [0.25, 0.3) is 0 Å². The predicted molar refractivity (Wildman–Crippen MR) is 66.5 cm³/mol. The van der Waals surface area contributed by atoms with E-state index in [2.05, 4.69) is 10.1 Å².